The van der Waals surface area contributed by atoms with Gasteiger partial charge in [-0.15, -0.1) is 0 Å². The summed E-state index contributed by atoms with van der Waals surface area (Å²) >= 11 is 0. The average Bonchev–Trinajstić information content (AvgIpc) is 3.12. The summed E-state index contributed by atoms with van der Waals surface area (Å²) in [4.78, 5) is 0. The molecule has 3 saturated carbocycles. The molecule has 0 radical (unpaired) electrons. The number of unbranched alkanes of at least 4 members (excludes halogenated alkanes) is 1. The summed E-state index contributed by atoms with van der Waals surface area (Å²) in [5, 5.41) is 10.0. The lowest BCUT2D eigenvalue weighted by atomic mass is 9.61. The van der Waals surface area contributed by atoms with Crippen LogP contribution in [0.2, 0.25) is 0 Å². The van der Waals surface area contributed by atoms with Gasteiger partial charge in [0, 0.05) is 6.61 Å². The fraction of sp³-hybridized carbons (Fsp3) is 0.882. The van der Waals surface area contributed by atoms with Gasteiger partial charge in [-0.1, -0.05) is 31.9 Å². The second kappa shape index (κ2) is 3.85. The highest BCUT2D eigenvalue weighted by atomic mass is 16.3. The Morgan fingerprint density at radius 3 is 2.67 bits per heavy atom. The van der Waals surface area contributed by atoms with Crippen molar-refractivity contribution in [3.05, 3.63) is 12.2 Å². The van der Waals surface area contributed by atoms with E-state index in [1.54, 1.807) is 0 Å². The monoisotopic (exact) mass is 246 g/mol. The van der Waals surface area contributed by atoms with Crippen LogP contribution in [0.1, 0.15) is 45.4 Å². The maximum absolute atomic E-state index is 10.0. The first-order valence-corrected chi connectivity index (χ1v) is 8.08. The topological polar surface area (TPSA) is 20.2 Å². The third kappa shape index (κ3) is 1.27. The SMILES string of the molecule is CCCCC1(CO)CC2CC1C1C3C=CC(C3)C21. The van der Waals surface area contributed by atoms with Crippen molar-refractivity contribution < 1.29 is 5.11 Å². The third-order valence-corrected chi connectivity index (χ3v) is 6.95. The lowest BCUT2D eigenvalue weighted by Crippen LogP contribution is -2.41. The third-order valence-electron chi connectivity index (χ3n) is 6.95. The van der Waals surface area contributed by atoms with Crippen molar-refractivity contribution >= 4 is 0 Å². The highest BCUT2D eigenvalue weighted by molar-refractivity contribution is 5.22. The van der Waals surface area contributed by atoms with E-state index in [9.17, 15) is 5.11 Å². The van der Waals surface area contributed by atoms with Crippen LogP contribution in [-0.4, -0.2) is 11.7 Å². The van der Waals surface area contributed by atoms with Crippen molar-refractivity contribution in [2.75, 3.05) is 6.61 Å². The molecule has 4 rings (SSSR count). The molecular formula is C17H26O. The Morgan fingerprint density at radius 1 is 1.17 bits per heavy atom. The second-order valence-electron chi connectivity index (χ2n) is 7.53. The quantitative estimate of drug-likeness (QED) is 0.593. The Bertz CT molecular complexity index is 374. The zero-order chi connectivity index (χ0) is 12.3. The minimum Gasteiger partial charge on any atom is -0.396 e. The molecular weight excluding hydrogens is 220 g/mol. The summed E-state index contributed by atoms with van der Waals surface area (Å²) in [6.45, 7) is 2.74. The van der Waals surface area contributed by atoms with Crippen LogP contribution in [0.4, 0.5) is 0 Å². The first kappa shape index (κ1) is 11.5. The van der Waals surface area contributed by atoms with Crippen LogP contribution in [0.5, 0.6) is 0 Å². The van der Waals surface area contributed by atoms with Crippen LogP contribution in [0.25, 0.3) is 0 Å². The van der Waals surface area contributed by atoms with Gasteiger partial charge < -0.3 is 5.11 Å². The van der Waals surface area contributed by atoms with Crippen molar-refractivity contribution in [2.24, 2.45) is 40.9 Å². The van der Waals surface area contributed by atoms with Crippen LogP contribution >= 0.6 is 0 Å². The van der Waals surface area contributed by atoms with E-state index in [-0.39, 0.29) is 0 Å². The van der Waals surface area contributed by atoms with Crippen molar-refractivity contribution in [3.63, 3.8) is 0 Å². The number of aliphatic hydroxyl groups excluding tert-OH is 1. The van der Waals surface area contributed by atoms with Gasteiger partial charge in [0.15, 0.2) is 0 Å². The Kier molecular flexibility index (Phi) is 2.46. The standard InChI is InChI=1S/C17H26O/c1-2-3-6-17(10-18)9-13-8-14(17)16-12-5-4-11(7-12)15(13)16/h4-5,11-16,18H,2-3,6-10H2,1H3. The van der Waals surface area contributed by atoms with Gasteiger partial charge in [0.25, 0.3) is 0 Å². The van der Waals surface area contributed by atoms with Crippen molar-refractivity contribution in [3.8, 4) is 0 Å². The predicted molar refractivity (Wildman–Crippen MR) is 73.0 cm³/mol. The highest BCUT2D eigenvalue weighted by Gasteiger charge is 2.65. The molecule has 4 bridgehead atoms. The molecule has 0 saturated heterocycles. The first-order chi connectivity index (χ1) is 8.79. The molecule has 0 amide bonds. The fourth-order valence-corrected chi connectivity index (χ4v) is 6.40. The van der Waals surface area contributed by atoms with Crippen LogP contribution < -0.4 is 0 Å². The van der Waals surface area contributed by atoms with Crippen LogP contribution in [-0.2, 0) is 0 Å². The van der Waals surface area contributed by atoms with Gasteiger partial charge in [-0.25, -0.2) is 0 Å². The van der Waals surface area contributed by atoms with E-state index in [1.807, 2.05) is 0 Å². The molecule has 7 unspecified atom stereocenters. The van der Waals surface area contributed by atoms with Crippen LogP contribution in [0, 0.1) is 40.9 Å². The minimum atomic E-state index is 0.320. The normalized spacial score (nSPS) is 55.4. The Hall–Kier alpha value is -0.300. The van der Waals surface area contributed by atoms with Crippen molar-refractivity contribution in [1.82, 2.24) is 0 Å². The Morgan fingerprint density at radius 2 is 1.94 bits per heavy atom. The number of fused-ring (bicyclic) bond motifs is 9. The van der Waals surface area contributed by atoms with Gasteiger partial charge in [0.1, 0.15) is 0 Å². The van der Waals surface area contributed by atoms with Crippen LogP contribution in [0.3, 0.4) is 0 Å². The van der Waals surface area contributed by atoms with E-state index >= 15 is 0 Å². The van der Waals surface area contributed by atoms with Gasteiger partial charge >= 0.3 is 0 Å². The Balaban J connectivity index is 1.62. The van der Waals surface area contributed by atoms with Gasteiger partial charge in [0.2, 0.25) is 0 Å². The largest absolute Gasteiger partial charge is 0.396 e. The average molecular weight is 246 g/mol. The van der Waals surface area contributed by atoms with Gasteiger partial charge in [-0.3, -0.25) is 0 Å². The first-order valence-electron chi connectivity index (χ1n) is 8.08. The zero-order valence-corrected chi connectivity index (χ0v) is 11.5. The smallest absolute Gasteiger partial charge is 0.0490 e. The summed E-state index contributed by atoms with van der Waals surface area (Å²) in [6.07, 6.45) is 13.1. The summed E-state index contributed by atoms with van der Waals surface area (Å²) in [5.74, 6) is 5.54. The number of allylic oxidation sites excluding steroid dienone is 2. The molecule has 7 atom stereocenters. The van der Waals surface area contributed by atoms with Crippen molar-refractivity contribution in [1.29, 1.82) is 0 Å². The fourth-order valence-electron chi connectivity index (χ4n) is 6.40. The van der Waals surface area contributed by atoms with E-state index < -0.39 is 0 Å². The molecule has 0 aromatic rings. The second-order valence-corrected chi connectivity index (χ2v) is 7.53. The molecule has 0 aliphatic heterocycles. The molecule has 0 heterocycles. The molecule has 0 spiro atoms. The van der Waals surface area contributed by atoms with Gasteiger partial charge in [-0.2, -0.15) is 0 Å². The van der Waals surface area contributed by atoms with Crippen molar-refractivity contribution in [2.45, 2.75) is 45.4 Å². The summed E-state index contributed by atoms with van der Waals surface area (Å²) in [6, 6.07) is 0. The van der Waals surface area contributed by atoms with Gasteiger partial charge in [-0.05, 0) is 66.6 Å². The molecule has 0 aromatic carbocycles. The predicted octanol–water partition coefficient (Wildman–Crippen LogP) is 3.63. The molecule has 3 fully saturated rings. The number of hydrogen-bond acceptors (Lipinski definition) is 1. The number of rotatable bonds is 4. The number of aliphatic hydroxyl groups is 1. The minimum absolute atomic E-state index is 0.320. The maximum Gasteiger partial charge on any atom is 0.0490 e. The highest BCUT2D eigenvalue weighted by Crippen LogP contribution is 2.71. The number of hydrogen-bond donors (Lipinski definition) is 1. The molecule has 1 heteroatoms. The molecule has 1 N–H and O–H groups in total. The summed E-state index contributed by atoms with van der Waals surface area (Å²) in [5.41, 5.74) is 0.320. The zero-order valence-electron chi connectivity index (χ0n) is 11.5. The lowest BCUT2D eigenvalue weighted by Gasteiger charge is -2.45. The van der Waals surface area contributed by atoms with E-state index in [4.69, 9.17) is 0 Å². The van der Waals surface area contributed by atoms with E-state index in [0.29, 0.717) is 12.0 Å². The summed E-state index contributed by atoms with van der Waals surface area (Å²) < 4.78 is 0. The molecule has 100 valence electrons. The molecule has 18 heavy (non-hydrogen) atoms. The van der Waals surface area contributed by atoms with Crippen LogP contribution in [0.15, 0.2) is 12.2 Å². The molecule has 1 nitrogen and oxygen atoms in total. The lowest BCUT2D eigenvalue weighted by molar-refractivity contribution is -0.000235. The molecule has 4 aliphatic carbocycles. The van der Waals surface area contributed by atoms with Gasteiger partial charge in [0.05, 0.1) is 0 Å². The summed E-state index contributed by atoms with van der Waals surface area (Å²) in [7, 11) is 0. The maximum atomic E-state index is 10.0. The Labute approximate surface area is 111 Å². The molecule has 4 aliphatic rings. The van der Waals surface area contributed by atoms with E-state index in [2.05, 4.69) is 19.1 Å². The van der Waals surface area contributed by atoms with E-state index in [0.717, 1.165) is 35.5 Å². The molecule has 0 aromatic heterocycles. The van der Waals surface area contributed by atoms with E-state index in [1.165, 1.54) is 38.5 Å².